The molecule has 4 aliphatic heterocycles. The lowest BCUT2D eigenvalue weighted by Crippen LogP contribution is -2.63. The third kappa shape index (κ3) is 6.81. The molecule has 4 heterocycles. The molecule has 0 spiro atoms. The van der Waals surface area contributed by atoms with E-state index in [0.29, 0.717) is 44.9 Å². The van der Waals surface area contributed by atoms with Crippen molar-refractivity contribution in [3.05, 3.63) is 41.5 Å². The van der Waals surface area contributed by atoms with Crippen LogP contribution in [0.4, 0.5) is 0 Å². The van der Waals surface area contributed by atoms with Crippen molar-refractivity contribution in [2.45, 2.75) is 75.8 Å². The molecule has 4 N–H and O–H groups in total. The molecular formula is C36H38O18. The Morgan fingerprint density at radius 2 is 1.48 bits per heavy atom. The zero-order valence-electron chi connectivity index (χ0n) is 29.4. The maximum atomic E-state index is 13.5. The van der Waals surface area contributed by atoms with Crippen LogP contribution in [0.3, 0.4) is 0 Å². The van der Waals surface area contributed by atoms with E-state index in [0.717, 1.165) is 13.8 Å². The first-order valence-corrected chi connectivity index (χ1v) is 16.8. The Kier molecular flexibility index (Phi) is 10.4. The van der Waals surface area contributed by atoms with Crippen molar-refractivity contribution in [3.8, 4) is 39.9 Å². The fraction of sp³-hybridized carbons (Fsp3) is 0.472. The Morgan fingerprint density at radius 1 is 0.796 bits per heavy atom. The lowest BCUT2D eigenvalue weighted by molar-refractivity contribution is -0.310. The second kappa shape index (κ2) is 15.1. The number of fused-ring (bicyclic) bond motifs is 3. The van der Waals surface area contributed by atoms with Crippen molar-refractivity contribution in [1.82, 2.24) is 0 Å². The fourth-order valence-corrected chi connectivity index (χ4v) is 6.91. The van der Waals surface area contributed by atoms with E-state index in [4.69, 9.17) is 52.1 Å². The van der Waals surface area contributed by atoms with Gasteiger partial charge < -0.3 is 72.5 Å². The Labute approximate surface area is 306 Å². The van der Waals surface area contributed by atoms with Crippen molar-refractivity contribution in [3.63, 3.8) is 0 Å². The molecule has 0 radical (unpaired) electrons. The van der Waals surface area contributed by atoms with Crippen LogP contribution in [-0.4, -0.2) is 128 Å². The van der Waals surface area contributed by atoms with Crippen molar-refractivity contribution >= 4 is 28.7 Å². The van der Waals surface area contributed by atoms with Gasteiger partial charge in [-0.1, -0.05) is 6.07 Å². The Hall–Kier alpha value is -4.95. The van der Waals surface area contributed by atoms with Crippen LogP contribution < -0.4 is 23.7 Å². The third-order valence-corrected chi connectivity index (χ3v) is 9.41. The van der Waals surface area contributed by atoms with E-state index in [2.05, 4.69) is 0 Å². The third-order valence-electron chi connectivity index (χ3n) is 9.41. The summed E-state index contributed by atoms with van der Waals surface area (Å²) in [5.74, 6) is -0.685. The highest BCUT2D eigenvalue weighted by molar-refractivity contribution is 6.14. The van der Waals surface area contributed by atoms with Crippen molar-refractivity contribution in [2.75, 3.05) is 34.2 Å². The number of benzene rings is 3. The number of cyclic esters (lactones) is 1. The van der Waals surface area contributed by atoms with Gasteiger partial charge in [0.1, 0.15) is 36.8 Å². The van der Waals surface area contributed by atoms with E-state index in [1.165, 1.54) is 14.2 Å². The standard InChI is InChI=1S/C36H38O18/c1-14(37)51-32-25(12-48-35-29(41)28(40)20(39)11-47-35)53-36(30(42)33(32)52-15(2)38)54-31-18-9-23(45-4)22(44-3)8-17(18)26(27-19(31)10-46-34(27)43)16-5-6-21-24(7-16)50-13-49-21/h5-9,20,25,28-30,32-33,35-36,39-42H,10-13H2,1-4H3. The zero-order valence-corrected chi connectivity index (χ0v) is 29.4. The minimum atomic E-state index is -1.81. The average molecular weight is 759 g/mol. The molecule has 18 nitrogen and oxygen atoms in total. The lowest BCUT2D eigenvalue weighted by Gasteiger charge is -2.44. The average Bonchev–Trinajstić information content (AvgIpc) is 3.78. The monoisotopic (exact) mass is 758 g/mol. The highest BCUT2D eigenvalue weighted by atomic mass is 16.7. The maximum Gasteiger partial charge on any atom is 0.339 e. The van der Waals surface area contributed by atoms with Gasteiger partial charge in [0, 0.05) is 30.4 Å². The molecule has 290 valence electrons. The Morgan fingerprint density at radius 3 is 2.19 bits per heavy atom. The molecule has 18 heteroatoms. The van der Waals surface area contributed by atoms with Crippen LogP contribution in [-0.2, 0) is 44.6 Å². The van der Waals surface area contributed by atoms with Crippen LogP contribution in [0.1, 0.15) is 29.8 Å². The summed E-state index contributed by atoms with van der Waals surface area (Å²) in [6.07, 6.45) is -14.0. The van der Waals surface area contributed by atoms with Crippen molar-refractivity contribution in [1.29, 1.82) is 0 Å². The molecule has 0 bridgehead atoms. The minimum absolute atomic E-state index is 0.0270. The summed E-state index contributed by atoms with van der Waals surface area (Å²) in [6, 6.07) is 8.47. The summed E-state index contributed by atoms with van der Waals surface area (Å²) in [6.45, 7) is 1.08. The molecule has 2 fully saturated rings. The predicted molar refractivity (Wildman–Crippen MR) is 178 cm³/mol. The number of hydrogen-bond donors (Lipinski definition) is 4. The molecule has 0 aliphatic carbocycles. The Balaban J connectivity index is 1.33. The molecule has 2 saturated heterocycles. The van der Waals surface area contributed by atoms with Gasteiger partial charge in [0.15, 0.2) is 47.6 Å². The molecule has 9 unspecified atom stereocenters. The van der Waals surface area contributed by atoms with E-state index in [1.54, 1.807) is 30.3 Å². The normalized spacial score (nSPS) is 28.6. The van der Waals surface area contributed by atoms with E-state index < -0.39 is 79.8 Å². The van der Waals surface area contributed by atoms with Gasteiger partial charge in [-0.2, -0.15) is 0 Å². The quantitative estimate of drug-likeness (QED) is 0.165. The number of carbonyl (C=O) groups excluding carboxylic acids is 3. The predicted octanol–water partition coefficient (Wildman–Crippen LogP) is 0.707. The number of esters is 3. The highest BCUT2D eigenvalue weighted by Crippen LogP contribution is 2.50. The van der Waals surface area contributed by atoms with Crippen LogP contribution in [0.25, 0.3) is 21.9 Å². The minimum Gasteiger partial charge on any atom is -0.493 e. The zero-order chi connectivity index (χ0) is 38.4. The van der Waals surface area contributed by atoms with E-state index in [-0.39, 0.29) is 36.9 Å². The first-order valence-electron chi connectivity index (χ1n) is 16.8. The second-order valence-corrected chi connectivity index (χ2v) is 12.8. The second-order valence-electron chi connectivity index (χ2n) is 12.8. The van der Waals surface area contributed by atoms with Gasteiger partial charge in [-0.15, -0.1) is 0 Å². The van der Waals surface area contributed by atoms with E-state index in [1.807, 2.05) is 0 Å². The van der Waals surface area contributed by atoms with Crippen LogP contribution in [0.5, 0.6) is 28.7 Å². The smallest absolute Gasteiger partial charge is 0.339 e. The van der Waals surface area contributed by atoms with Gasteiger partial charge in [0.05, 0.1) is 33.0 Å². The van der Waals surface area contributed by atoms with Crippen molar-refractivity contribution < 1.29 is 86.9 Å². The van der Waals surface area contributed by atoms with E-state index >= 15 is 0 Å². The van der Waals surface area contributed by atoms with E-state index in [9.17, 15) is 34.8 Å². The summed E-state index contributed by atoms with van der Waals surface area (Å²) in [4.78, 5) is 38.1. The first-order chi connectivity index (χ1) is 25.9. The van der Waals surface area contributed by atoms with Crippen molar-refractivity contribution in [2.24, 2.45) is 0 Å². The number of rotatable bonds is 10. The van der Waals surface area contributed by atoms with Gasteiger partial charge in [-0.05, 0) is 35.2 Å². The lowest BCUT2D eigenvalue weighted by atomic mass is 9.89. The molecule has 4 aliphatic rings. The summed E-state index contributed by atoms with van der Waals surface area (Å²) < 4.78 is 62.5. The maximum absolute atomic E-state index is 13.5. The molecule has 9 atom stereocenters. The number of carbonyl (C=O) groups is 3. The molecule has 3 aromatic carbocycles. The Bertz CT molecular complexity index is 1950. The number of ether oxygens (including phenoxy) is 11. The molecule has 0 aromatic heterocycles. The van der Waals surface area contributed by atoms with Gasteiger partial charge in [-0.3, -0.25) is 9.59 Å². The number of hydrogen-bond acceptors (Lipinski definition) is 18. The van der Waals surface area contributed by atoms with Gasteiger partial charge in [0.2, 0.25) is 13.1 Å². The van der Waals surface area contributed by atoms with Gasteiger partial charge >= 0.3 is 17.9 Å². The fourth-order valence-electron chi connectivity index (χ4n) is 6.91. The molecule has 54 heavy (non-hydrogen) atoms. The highest BCUT2D eigenvalue weighted by Gasteiger charge is 2.52. The van der Waals surface area contributed by atoms with Crippen LogP contribution in [0, 0.1) is 0 Å². The van der Waals surface area contributed by atoms with Crippen LogP contribution >= 0.6 is 0 Å². The SMILES string of the molecule is COc1cc2c(OC3OC(COC4OCC(O)C(O)C4O)C(OC(C)=O)C(OC(C)=O)C3O)c3c(c(-c4ccc5c(c4)OCO5)c2cc1OC)C(=O)OC3. The number of methoxy groups -OCH3 is 2. The summed E-state index contributed by atoms with van der Waals surface area (Å²) in [5.41, 5.74) is 1.46. The molecule has 7 rings (SSSR count). The first kappa shape index (κ1) is 37.4. The topological polar surface area (TPSA) is 234 Å². The summed E-state index contributed by atoms with van der Waals surface area (Å²) >= 11 is 0. The summed E-state index contributed by atoms with van der Waals surface area (Å²) in [5, 5.41) is 43.0. The van der Waals surface area contributed by atoms with Crippen LogP contribution in [0.15, 0.2) is 30.3 Å². The van der Waals surface area contributed by atoms with Crippen LogP contribution in [0.2, 0.25) is 0 Å². The summed E-state index contributed by atoms with van der Waals surface area (Å²) in [7, 11) is 2.89. The number of aliphatic hydroxyl groups excluding tert-OH is 4. The van der Waals surface area contributed by atoms with Gasteiger partial charge in [0.25, 0.3) is 0 Å². The molecule has 0 amide bonds. The van der Waals surface area contributed by atoms with Gasteiger partial charge in [-0.25, -0.2) is 4.79 Å². The molecule has 0 saturated carbocycles. The number of aliphatic hydroxyl groups is 4. The largest absolute Gasteiger partial charge is 0.493 e. The molecule has 3 aromatic rings. The molecular weight excluding hydrogens is 720 g/mol.